The molecule has 0 radical (unpaired) electrons. The summed E-state index contributed by atoms with van der Waals surface area (Å²) in [4.78, 5) is 0. The summed E-state index contributed by atoms with van der Waals surface area (Å²) >= 11 is 0. The Labute approximate surface area is 91.5 Å². The van der Waals surface area contributed by atoms with Crippen molar-refractivity contribution in [2.24, 2.45) is 0 Å². The van der Waals surface area contributed by atoms with E-state index in [1.54, 1.807) is 6.55 Å². The van der Waals surface area contributed by atoms with E-state index in [0.717, 1.165) is 0 Å². The summed E-state index contributed by atoms with van der Waals surface area (Å²) in [6.07, 6.45) is -4.96. The molecule has 0 aromatic carbocycles. The first-order valence-electron chi connectivity index (χ1n) is 4.67. The van der Waals surface area contributed by atoms with Gasteiger partial charge in [-0.15, -0.1) is 0 Å². The molecule has 0 aromatic heterocycles. The van der Waals surface area contributed by atoms with Crippen molar-refractivity contribution in [1.29, 1.82) is 0 Å². The highest BCUT2D eigenvalue weighted by Gasteiger charge is 2.45. The quantitative estimate of drug-likeness (QED) is 0.720. The third-order valence-electron chi connectivity index (χ3n) is 2.10. The van der Waals surface area contributed by atoms with Crippen molar-refractivity contribution >= 4 is 27.1 Å². The fourth-order valence-corrected chi connectivity index (χ4v) is 11.7. The summed E-state index contributed by atoms with van der Waals surface area (Å²) in [6, 6.07) is -0.0245. The molecule has 0 aromatic rings. The molecule has 0 aliphatic carbocycles. The van der Waals surface area contributed by atoms with E-state index in [0.29, 0.717) is 0 Å². The van der Waals surface area contributed by atoms with Gasteiger partial charge in [-0.2, -0.15) is 13.2 Å². The van der Waals surface area contributed by atoms with Crippen LogP contribution < -0.4 is 0 Å². The molecular weight excluding hydrogens is 261 g/mol. The molecule has 1 atom stereocenters. The van der Waals surface area contributed by atoms with Gasteiger partial charge in [0.1, 0.15) is 0 Å². The molecule has 0 N–H and O–H groups in total. The zero-order chi connectivity index (χ0) is 11.7. The van der Waals surface area contributed by atoms with Crippen molar-refractivity contribution in [3.8, 4) is 0 Å². The van der Waals surface area contributed by atoms with Crippen LogP contribution in [0.25, 0.3) is 0 Å². The van der Waals surface area contributed by atoms with Crippen molar-refractivity contribution in [1.82, 2.24) is 0 Å². The number of hydrogen-bond acceptors (Lipinski definition) is 3. The average Bonchev–Trinajstić information content (AvgIpc) is 1.97. The Morgan fingerprint density at radius 3 is 2.20 bits per heavy atom. The standard InChI is InChI=1S/C6H15F3O3Si3/c1-14(2)10-13-11-15(3,12-14)5-4-6(7,8)9/h4-5,13H2,1-3H3. The van der Waals surface area contributed by atoms with Crippen molar-refractivity contribution in [2.75, 3.05) is 0 Å². The third-order valence-corrected chi connectivity index (χ3v) is 13.1. The second-order valence-corrected chi connectivity index (χ2v) is 13.1. The molecule has 1 aliphatic rings. The Balaban J connectivity index is 2.51. The van der Waals surface area contributed by atoms with Crippen LogP contribution in [0.5, 0.6) is 0 Å². The van der Waals surface area contributed by atoms with E-state index in [1.165, 1.54) is 0 Å². The van der Waals surface area contributed by atoms with E-state index < -0.39 is 39.7 Å². The van der Waals surface area contributed by atoms with Crippen LogP contribution in [0.2, 0.25) is 25.7 Å². The van der Waals surface area contributed by atoms with E-state index in [9.17, 15) is 13.2 Å². The van der Waals surface area contributed by atoms with Crippen LogP contribution >= 0.6 is 0 Å². The number of rotatable bonds is 2. The second-order valence-electron chi connectivity index (χ2n) is 4.16. The lowest BCUT2D eigenvalue weighted by Crippen LogP contribution is -2.57. The molecule has 1 rings (SSSR count). The summed E-state index contributed by atoms with van der Waals surface area (Å²) in [6.45, 7) is 5.39. The fourth-order valence-electron chi connectivity index (χ4n) is 1.37. The topological polar surface area (TPSA) is 27.7 Å². The maximum absolute atomic E-state index is 12.1. The smallest absolute Gasteiger partial charge is 0.389 e. The minimum absolute atomic E-state index is 0.0245. The van der Waals surface area contributed by atoms with Crippen LogP contribution in [0.3, 0.4) is 0 Å². The summed E-state index contributed by atoms with van der Waals surface area (Å²) in [7, 11) is -5.93. The predicted molar refractivity (Wildman–Crippen MR) is 56.4 cm³/mol. The lowest BCUT2D eigenvalue weighted by atomic mass is 10.5. The molecule has 1 fully saturated rings. The Hall–Kier alpha value is 0.321. The molecule has 3 nitrogen and oxygen atoms in total. The highest BCUT2D eigenvalue weighted by Crippen LogP contribution is 2.30. The summed E-state index contributed by atoms with van der Waals surface area (Å²) < 4.78 is 52.6. The number of halogens is 3. The number of alkyl halides is 3. The van der Waals surface area contributed by atoms with Crippen LogP contribution in [0, 0.1) is 0 Å². The maximum atomic E-state index is 12.1. The van der Waals surface area contributed by atoms with Gasteiger partial charge in [-0.05, 0) is 25.7 Å². The molecule has 1 aliphatic heterocycles. The van der Waals surface area contributed by atoms with Crippen molar-refractivity contribution in [3.05, 3.63) is 0 Å². The van der Waals surface area contributed by atoms with Crippen molar-refractivity contribution in [2.45, 2.75) is 38.3 Å². The van der Waals surface area contributed by atoms with E-state index in [1.807, 2.05) is 13.1 Å². The van der Waals surface area contributed by atoms with Gasteiger partial charge < -0.3 is 12.3 Å². The number of hydrogen-bond donors (Lipinski definition) is 0. The Bertz CT molecular complexity index is 235. The highest BCUT2D eigenvalue weighted by atomic mass is 28.5. The molecule has 15 heavy (non-hydrogen) atoms. The van der Waals surface area contributed by atoms with Gasteiger partial charge in [-0.1, -0.05) is 0 Å². The SMILES string of the molecule is C[Si]1(C)O[SiH2]O[Si](C)(CCC(F)(F)F)O1. The van der Waals surface area contributed by atoms with Gasteiger partial charge in [0.05, 0.1) is 0 Å². The summed E-state index contributed by atoms with van der Waals surface area (Å²) in [5.74, 6) is 0. The normalized spacial score (nSPS) is 33.2. The molecule has 0 bridgehead atoms. The van der Waals surface area contributed by atoms with Crippen LogP contribution in [-0.2, 0) is 12.3 Å². The summed E-state index contributed by atoms with van der Waals surface area (Å²) in [5, 5.41) is 0. The van der Waals surface area contributed by atoms with Crippen LogP contribution in [0.4, 0.5) is 13.2 Å². The predicted octanol–water partition coefficient (Wildman–Crippen LogP) is 1.77. The third kappa shape index (κ3) is 4.78. The second kappa shape index (κ2) is 4.30. The van der Waals surface area contributed by atoms with Crippen LogP contribution in [0.15, 0.2) is 0 Å². The Morgan fingerprint density at radius 2 is 1.73 bits per heavy atom. The minimum Gasteiger partial charge on any atom is -0.420 e. The monoisotopic (exact) mass is 276 g/mol. The summed E-state index contributed by atoms with van der Waals surface area (Å²) in [5.41, 5.74) is 0. The molecule has 90 valence electrons. The average molecular weight is 276 g/mol. The van der Waals surface area contributed by atoms with Gasteiger partial charge in [-0.25, -0.2) is 0 Å². The highest BCUT2D eigenvalue weighted by molar-refractivity contribution is 6.85. The van der Waals surface area contributed by atoms with E-state index >= 15 is 0 Å². The molecular formula is C6H15F3O3Si3. The molecule has 0 saturated carbocycles. The van der Waals surface area contributed by atoms with Gasteiger partial charge in [0.25, 0.3) is 10.0 Å². The first kappa shape index (κ1) is 13.4. The van der Waals surface area contributed by atoms with Crippen molar-refractivity contribution in [3.63, 3.8) is 0 Å². The fraction of sp³-hybridized carbons (Fsp3) is 1.00. The van der Waals surface area contributed by atoms with Gasteiger partial charge in [0, 0.05) is 6.42 Å². The van der Waals surface area contributed by atoms with Crippen molar-refractivity contribution < 1.29 is 25.5 Å². The van der Waals surface area contributed by atoms with E-state index in [2.05, 4.69) is 0 Å². The Kier molecular flexibility index (Phi) is 3.83. The zero-order valence-electron chi connectivity index (χ0n) is 8.98. The van der Waals surface area contributed by atoms with Gasteiger partial charge in [0.2, 0.25) is 0 Å². The molecule has 9 heteroatoms. The van der Waals surface area contributed by atoms with Crippen LogP contribution in [-0.4, -0.2) is 33.3 Å². The van der Waals surface area contributed by atoms with Gasteiger partial charge in [0.15, 0.2) is 0 Å². The first-order valence-corrected chi connectivity index (χ1v) is 11.2. The molecule has 0 amide bonds. The lowest BCUT2D eigenvalue weighted by molar-refractivity contribution is -0.131. The zero-order valence-corrected chi connectivity index (χ0v) is 12.4. The lowest BCUT2D eigenvalue weighted by Gasteiger charge is -2.40. The molecule has 1 saturated heterocycles. The molecule has 1 heterocycles. The van der Waals surface area contributed by atoms with Gasteiger partial charge in [-0.3, -0.25) is 0 Å². The molecule has 0 spiro atoms. The van der Waals surface area contributed by atoms with E-state index in [4.69, 9.17) is 12.3 Å². The molecule has 1 unspecified atom stereocenters. The Morgan fingerprint density at radius 1 is 1.13 bits per heavy atom. The minimum atomic E-state index is -4.13. The maximum Gasteiger partial charge on any atom is 0.389 e. The largest absolute Gasteiger partial charge is 0.420 e. The van der Waals surface area contributed by atoms with E-state index in [-0.39, 0.29) is 6.04 Å². The first-order chi connectivity index (χ1) is 6.62. The van der Waals surface area contributed by atoms with Crippen LogP contribution in [0.1, 0.15) is 6.42 Å². The van der Waals surface area contributed by atoms with Gasteiger partial charge >= 0.3 is 23.3 Å².